The second-order valence-electron chi connectivity index (χ2n) is 3.15. The maximum atomic E-state index is 13.9. The Morgan fingerprint density at radius 2 is 2.25 bits per heavy atom. The molecule has 82 valence electrons. The molecule has 0 aliphatic rings. The molecule has 0 aliphatic carbocycles. The van der Waals surface area contributed by atoms with E-state index >= 15 is 0 Å². The predicted molar refractivity (Wildman–Crippen MR) is 55.3 cm³/mol. The van der Waals surface area contributed by atoms with Crippen LogP contribution in [0.1, 0.15) is 10.4 Å². The fourth-order valence-electron chi connectivity index (χ4n) is 1.52. The summed E-state index contributed by atoms with van der Waals surface area (Å²) in [4.78, 5) is 14.6. The first kappa shape index (κ1) is 10.4. The lowest BCUT2D eigenvalue weighted by Crippen LogP contribution is -1.95. The molecule has 0 fully saturated rings. The van der Waals surface area contributed by atoms with Crippen molar-refractivity contribution >= 4 is 17.2 Å². The molecule has 5 heteroatoms. The van der Waals surface area contributed by atoms with Crippen molar-refractivity contribution in [3.8, 4) is 11.5 Å². The number of carbonyl (C=O) groups excluding carboxylic acids is 1. The van der Waals surface area contributed by atoms with Crippen molar-refractivity contribution in [3.05, 3.63) is 29.7 Å². The summed E-state index contributed by atoms with van der Waals surface area (Å²) in [5, 5.41) is 9.36. The smallest absolute Gasteiger partial charge is 0.175 e. The Labute approximate surface area is 90.3 Å². The normalized spacial score (nSPS) is 10.4. The first-order chi connectivity index (χ1) is 7.69. The summed E-state index contributed by atoms with van der Waals surface area (Å²) in [6.45, 7) is 0. The molecule has 1 N–H and O–H groups in total. The lowest BCUT2D eigenvalue weighted by molar-refractivity contribution is 0.112. The highest BCUT2D eigenvalue weighted by Gasteiger charge is 2.15. The molecular weight excluding hydrogens is 213 g/mol. The Balaban J connectivity index is 2.93. The molecule has 0 amide bonds. The van der Waals surface area contributed by atoms with Crippen LogP contribution in [0, 0.1) is 5.82 Å². The second kappa shape index (κ2) is 3.77. The molecule has 0 saturated heterocycles. The van der Waals surface area contributed by atoms with Crippen LogP contribution in [0.15, 0.2) is 18.3 Å². The molecule has 1 aromatic heterocycles. The molecule has 0 radical (unpaired) electrons. The summed E-state index contributed by atoms with van der Waals surface area (Å²) in [7, 11) is 1.32. The molecular formula is C11H8FNO3. The van der Waals surface area contributed by atoms with Crippen molar-refractivity contribution in [2.45, 2.75) is 0 Å². The van der Waals surface area contributed by atoms with Gasteiger partial charge in [-0.15, -0.1) is 0 Å². The average Bonchev–Trinajstić information content (AvgIpc) is 2.30. The lowest BCUT2D eigenvalue weighted by atomic mass is 10.1. The quantitative estimate of drug-likeness (QED) is 0.787. The summed E-state index contributed by atoms with van der Waals surface area (Å²) in [6.07, 6.45) is 1.50. The average molecular weight is 221 g/mol. The van der Waals surface area contributed by atoms with E-state index in [-0.39, 0.29) is 22.4 Å². The fourth-order valence-corrected chi connectivity index (χ4v) is 1.52. The first-order valence-electron chi connectivity index (χ1n) is 4.48. The van der Waals surface area contributed by atoms with Crippen LogP contribution in [0.2, 0.25) is 0 Å². The highest BCUT2D eigenvalue weighted by atomic mass is 19.1. The van der Waals surface area contributed by atoms with E-state index in [2.05, 4.69) is 4.98 Å². The van der Waals surface area contributed by atoms with Crippen molar-refractivity contribution < 1.29 is 19.0 Å². The topological polar surface area (TPSA) is 59.4 Å². The molecule has 4 nitrogen and oxygen atoms in total. The van der Waals surface area contributed by atoms with E-state index in [0.717, 1.165) is 6.20 Å². The standard InChI is InChI=1S/C11H8FNO3/c1-16-9-3-2-7-10(11(9)12)6(5-14)8(15)4-13-7/h2-5,15H,1H3. The van der Waals surface area contributed by atoms with Crippen LogP contribution in [0.4, 0.5) is 4.39 Å². The number of methoxy groups -OCH3 is 1. The largest absolute Gasteiger partial charge is 0.506 e. The molecule has 1 heterocycles. The van der Waals surface area contributed by atoms with E-state index in [1.165, 1.54) is 19.2 Å². The number of fused-ring (bicyclic) bond motifs is 1. The number of pyridine rings is 1. The fraction of sp³-hybridized carbons (Fsp3) is 0.0909. The predicted octanol–water partition coefficient (Wildman–Crippen LogP) is 1.90. The lowest BCUT2D eigenvalue weighted by Gasteiger charge is -2.07. The van der Waals surface area contributed by atoms with Gasteiger partial charge in [0.2, 0.25) is 0 Å². The third-order valence-corrected chi connectivity index (χ3v) is 2.29. The van der Waals surface area contributed by atoms with E-state index in [0.29, 0.717) is 11.8 Å². The highest BCUT2D eigenvalue weighted by Crippen LogP contribution is 2.30. The van der Waals surface area contributed by atoms with Gasteiger partial charge in [-0.3, -0.25) is 9.78 Å². The zero-order chi connectivity index (χ0) is 11.7. The van der Waals surface area contributed by atoms with E-state index < -0.39 is 5.82 Å². The Morgan fingerprint density at radius 1 is 1.50 bits per heavy atom. The maximum absolute atomic E-state index is 13.9. The van der Waals surface area contributed by atoms with Gasteiger partial charge >= 0.3 is 0 Å². The number of hydrogen-bond donors (Lipinski definition) is 1. The first-order valence-corrected chi connectivity index (χ1v) is 4.48. The molecule has 0 unspecified atom stereocenters. The van der Waals surface area contributed by atoms with Crippen LogP contribution in [0.25, 0.3) is 10.9 Å². The summed E-state index contributed by atoms with van der Waals surface area (Å²) in [5.74, 6) is -1.05. The number of aldehydes is 1. The van der Waals surface area contributed by atoms with E-state index in [9.17, 15) is 14.3 Å². The van der Waals surface area contributed by atoms with Crippen molar-refractivity contribution in [2.24, 2.45) is 0 Å². The minimum absolute atomic E-state index is 0.00278. The van der Waals surface area contributed by atoms with Crippen molar-refractivity contribution in [1.82, 2.24) is 4.98 Å². The summed E-state index contributed by atoms with van der Waals surface area (Å²) < 4.78 is 18.7. The van der Waals surface area contributed by atoms with Gasteiger partial charge in [0, 0.05) is 0 Å². The van der Waals surface area contributed by atoms with Crippen LogP contribution >= 0.6 is 0 Å². The van der Waals surface area contributed by atoms with Gasteiger partial charge in [-0.1, -0.05) is 0 Å². The number of benzene rings is 1. The number of hydrogen-bond acceptors (Lipinski definition) is 4. The SMILES string of the molecule is COc1ccc2ncc(O)c(C=O)c2c1F. The number of halogens is 1. The van der Waals surface area contributed by atoms with Crippen LogP contribution in [-0.4, -0.2) is 23.5 Å². The molecule has 0 atom stereocenters. The Kier molecular flexibility index (Phi) is 2.44. The van der Waals surface area contributed by atoms with E-state index in [4.69, 9.17) is 4.74 Å². The monoisotopic (exact) mass is 221 g/mol. The molecule has 2 rings (SSSR count). The van der Waals surface area contributed by atoms with Gasteiger partial charge in [0.15, 0.2) is 17.9 Å². The molecule has 0 saturated carbocycles. The Morgan fingerprint density at radius 3 is 2.88 bits per heavy atom. The third kappa shape index (κ3) is 1.37. The summed E-state index contributed by atoms with van der Waals surface area (Å²) >= 11 is 0. The van der Waals surface area contributed by atoms with Crippen molar-refractivity contribution in [2.75, 3.05) is 7.11 Å². The maximum Gasteiger partial charge on any atom is 0.175 e. The number of carbonyl (C=O) groups is 1. The zero-order valence-electron chi connectivity index (χ0n) is 8.40. The van der Waals surface area contributed by atoms with Gasteiger partial charge in [0.1, 0.15) is 5.75 Å². The van der Waals surface area contributed by atoms with Crippen LogP contribution in [0.3, 0.4) is 0 Å². The molecule has 2 aromatic rings. The van der Waals surface area contributed by atoms with Crippen LogP contribution in [0.5, 0.6) is 11.5 Å². The van der Waals surface area contributed by atoms with Gasteiger partial charge in [-0.05, 0) is 12.1 Å². The second-order valence-corrected chi connectivity index (χ2v) is 3.15. The minimum Gasteiger partial charge on any atom is -0.506 e. The number of aromatic nitrogens is 1. The number of aromatic hydroxyl groups is 1. The number of ether oxygens (including phenoxy) is 1. The third-order valence-electron chi connectivity index (χ3n) is 2.29. The van der Waals surface area contributed by atoms with E-state index in [1.807, 2.05) is 0 Å². The van der Waals surface area contributed by atoms with Gasteiger partial charge < -0.3 is 9.84 Å². The van der Waals surface area contributed by atoms with Crippen LogP contribution in [-0.2, 0) is 0 Å². The minimum atomic E-state index is -0.703. The number of nitrogens with zero attached hydrogens (tertiary/aromatic N) is 1. The number of rotatable bonds is 2. The Hall–Kier alpha value is -2.17. The summed E-state index contributed by atoms with van der Waals surface area (Å²) in [5.41, 5.74) is 0.166. The zero-order valence-corrected chi connectivity index (χ0v) is 8.40. The molecule has 1 aromatic carbocycles. The Bertz CT molecular complexity index is 569. The molecule has 16 heavy (non-hydrogen) atoms. The van der Waals surface area contributed by atoms with Crippen LogP contribution < -0.4 is 4.74 Å². The summed E-state index contributed by atoms with van der Waals surface area (Å²) in [6, 6.07) is 2.93. The molecule has 0 spiro atoms. The van der Waals surface area contributed by atoms with Gasteiger partial charge in [-0.25, -0.2) is 4.39 Å². The molecule has 0 aliphatic heterocycles. The van der Waals surface area contributed by atoms with E-state index in [1.54, 1.807) is 0 Å². The van der Waals surface area contributed by atoms with Gasteiger partial charge in [0.25, 0.3) is 0 Å². The van der Waals surface area contributed by atoms with Gasteiger partial charge in [0.05, 0.1) is 29.8 Å². The molecule has 0 bridgehead atoms. The van der Waals surface area contributed by atoms with Crippen molar-refractivity contribution in [1.29, 1.82) is 0 Å². The highest BCUT2D eigenvalue weighted by molar-refractivity contribution is 5.99. The van der Waals surface area contributed by atoms with Gasteiger partial charge in [-0.2, -0.15) is 0 Å². The van der Waals surface area contributed by atoms with Crippen molar-refractivity contribution in [3.63, 3.8) is 0 Å².